The van der Waals surface area contributed by atoms with Gasteiger partial charge in [-0.3, -0.25) is 14.5 Å². The minimum absolute atomic E-state index is 0.0705. The zero-order valence-electron chi connectivity index (χ0n) is 16.2. The summed E-state index contributed by atoms with van der Waals surface area (Å²) >= 11 is 0. The fourth-order valence-corrected chi connectivity index (χ4v) is 3.88. The first-order valence-corrected chi connectivity index (χ1v) is 9.51. The molecule has 4 rings (SSSR count). The van der Waals surface area contributed by atoms with E-state index in [1.807, 2.05) is 0 Å². The molecule has 1 aromatic carbocycles. The lowest BCUT2D eigenvalue weighted by atomic mass is 9.92. The van der Waals surface area contributed by atoms with Crippen LogP contribution in [0, 0.1) is 5.41 Å². The number of urea groups is 1. The van der Waals surface area contributed by atoms with Crippen molar-refractivity contribution in [1.82, 2.24) is 15.1 Å². The summed E-state index contributed by atoms with van der Waals surface area (Å²) in [5.41, 5.74) is -0.494. The lowest BCUT2D eigenvalue weighted by Crippen LogP contribution is -2.46. The maximum Gasteiger partial charge on any atom is 0.325 e. The first-order chi connectivity index (χ1) is 13.4. The molecule has 3 aliphatic rings. The predicted octanol–water partition coefficient (Wildman–Crippen LogP) is 1.10. The van der Waals surface area contributed by atoms with E-state index in [2.05, 4.69) is 5.32 Å². The van der Waals surface area contributed by atoms with Crippen LogP contribution in [-0.4, -0.2) is 67.6 Å². The van der Waals surface area contributed by atoms with Crippen LogP contribution in [0.3, 0.4) is 0 Å². The Morgan fingerprint density at radius 2 is 1.96 bits per heavy atom. The molecule has 8 nitrogen and oxygen atoms in total. The average Bonchev–Trinajstić information content (AvgIpc) is 3.46. The minimum atomic E-state index is -1.21. The van der Waals surface area contributed by atoms with Crippen molar-refractivity contribution in [3.05, 3.63) is 29.8 Å². The second-order valence-electron chi connectivity index (χ2n) is 8.04. The van der Waals surface area contributed by atoms with Crippen molar-refractivity contribution in [2.75, 3.05) is 40.0 Å². The van der Waals surface area contributed by atoms with E-state index in [0.717, 1.165) is 17.7 Å². The smallest absolute Gasteiger partial charge is 0.325 e. The molecule has 1 N–H and O–H groups in total. The Kier molecular flexibility index (Phi) is 4.53. The molecule has 0 aromatic heterocycles. The van der Waals surface area contributed by atoms with Crippen LogP contribution >= 0.6 is 0 Å². The number of nitrogens with one attached hydrogen (secondary N) is 1. The van der Waals surface area contributed by atoms with E-state index in [0.29, 0.717) is 37.6 Å². The molecule has 28 heavy (non-hydrogen) atoms. The Bertz CT molecular complexity index is 805. The molecule has 8 heteroatoms. The predicted molar refractivity (Wildman–Crippen MR) is 99.7 cm³/mol. The highest BCUT2D eigenvalue weighted by molar-refractivity contribution is 6.09. The summed E-state index contributed by atoms with van der Waals surface area (Å²) < 4.78 is 10.8. The van der Waals surface area contributed by atoms with E-state index >= 15 is 0 Å². The number of methoxy groups -OCH3 is 1. The fraction of sp³-hybridized carbons (Fsp3) is 0.550. The van der Waals surface area contributed by atoms with Gasteiger partial charge in [-0.2, -0.15) is 0 Å². The zero-order chi connectivity index (χ0) is 19.9. The molecule has 2 saturated heterocycles. The number of rotatable bonds is 4. The third-order valence-corrected chi connectivity index (χ3v) is 5.99. The largest absolute Gasteiger partial charge is 0.497 e. The van der Waals surface area contributed by atoms with Gasteiger partial charge in [-0.25, -0.2) is 4.79 Å². The molecule has 0 radical (unpaired) electrons. The highest BCUT2D eigenvalue weighted by Crippen LogP contribution is 2.47. The number of nitrogens with zero attached hydrogens (tertiary/aromatic N) is 2. The van der Waals surface area contributed by atoms with E-state index in [-0.39, 0.29) is 17.9 Å². The van der Waals surface area contributed by atoms with Gasteiger partial charge in [0.2, 0.25) is 5.91 Å². The Labute approximate surface area is 163 Å². The van der Waals surface area contributed by atoms with Crippen molar-refractivity contribution < 1.29 is 23.9 Å². The maximum atomic E-state index is 13.0. The Morgan fingerprint density at radius 3 is 2.61 bits per heavy atom. The number of imide groups is 1. The molecule has 2 aliphatic heterocycles. The molecule has 0 bridgehead atoms. The highest BCUT2D eigenvalue weighted by atomic mass is 16.5. The van der Waals surface area contributed by atoms with Gasteiger partial charge in [0, 0.05) is 18.5 Å². The van der Waals surface area contributed by atoms with Crippen LogP contribution < -0.4 is 10.1 Å². The normalized spacial score (nSPS) is 26.2. The van der Waals surface area contributed by atoms with Gasteiger partial charge in [0.25, 0.3) is 5.91 Å². The fourth-order valence-electron chi connectivity index (χ4n) is 3.88. The molecule has 1 aliphatic carbocycles. The Hall–Kier alpha value is -2.61. The van der Waals surface area contributed by atoms with Crippen LogP contribution in [0.5, 0.6) is 5.75 Å². The summed E-state index contributed by atoms with van der Waals surface area (Å²) in [5.74, 6) is 0.0102. The average molecular weight is 387 g/mol. The van der Waals surface area contributed by atoms with Crippen LogP contribution in [-0.2, 0) is 19.9 Å². The SMILES string of the molecule is COc1ccc(C2(C)NC(=O)N(CC(=O)N3CCOCC4(CC4)C3)C2=O)cc1. The molecule has 1 unspecified atom stereocenters. The number of benzene rings is 1. The number of hydrogen-bond acceptors (Lipinski definition) is 5. The van der Waals surface area contributed by atoms with Gasteiger partial charge in [-0.15, -0.1) is 0 Å². The molecule has 150 valence electrons. The van der Waals surface area contributed by atoms with Crippen molar-refractivity contribution in [3.63, 3.8) is 0 Å². The molecule has 2 heterocycles. The summed E-state index contributed by atoms with van der Waals surface area (Å²) in [6.45, 7) is 3.67. The third kappa shape index (κ3) is 3.22. The zero-order valence-corrected chi connectivity index (χ0v) is 16.2. The van der Waals surface area contributed by atoms with Gasteiger partial charge in [0.15, 0.2) is 0 Å². The molecule has 1 spiro atoms. The van der Waals surface area contributed by atoms with Gasteiger partial charge in [0.1, 0.15) is 17.8 Å². The Morgan fingerprint density at radius 1 is 1.25 bits per heavy atom. The van der Waals surface area contributed by atoms with Crippen LogP contribution in [0.2, 0.25) is 0 Å². The van der Waals surface area contributed by atoms with Gasteiger partial charge < -0.3 is 19.7 Å². The number of carbonyl (C=O) groups is 3. The van der Waals surface area contributed by atoms with Gasteiger partial charge in [0.05, 0.1) is 20.3 Å². The van der Waals surface area contributed by atoms with Crippen LogP contribution in [0.15, 0.2) is 24.3 Å². The standard InChI is InChI=1S/C20H25N3O5/c1-19(14-3-5-15(27-2)6-4-14)17(25)23(18(26)21-19)11-16(24)22-9-10-28-13-20(12-22)7-8-20/h3-6H,7-13H2,1-2H3,(H,21,26). The van der Waals surface area contributed by atoms with Crippen LogP contribution in [0.25, 0.3) is 0 Å². The molecular weight excluding hydrogens is 362 g/mol. The molecule has 1 atom stereocenters. The maximum absolute atomic E-state index is 13.0. The number of hydrogen-bond donors (Lipinski definition) is 1. The highest BCUT2D eigenvalue weighted by Gasteiger charge is 2.51. The van der Waals surface area contributed by atoms with Crippen molar-refractivity contribution in [3.8, 4) is 5.75 Å². The summed E-state index contributed by atoms with van der Waals surface area (Å²) in [6.07, 6.45) is 2.10. The van der Waals surface area contributed by atoms with E-state index in [1.54, 1.807) is 43.2 Å². The van der Waals surface area contributed by atoms with Crippen LogP contribution in [0.1, 0.15) is 25.3 Å². The van der Waals surface area contributed by atoms with E-state index < -0.39 is 17.5 Å². The van der Waals surface area contributed by atoms with E-state index in [1.165, 1.54) is 0 Å². The number of amides is 4. The second kappa shape index (κ2) is 6.77. The number of ether oxygens (including phenoxy) is 2. The topological polar surface area (TPSA) is 88.2 Å². The monoisotopic (exact) mass is 387 g/mol. The third-order valence-electron chi connectivity index (χ3n) is 5.99. The number of carbonyl (C=O) groups excluding carboxylic acids is 3. The summed E-state index contributed by atoms with van der Waals surface area (Å²) in [7, 11) is 1.56. The van der Waals surface area contributed by atoms with Crippen molar-refractivity contribution in [2.24, 2.45) is 5.41 Å². The van der Waals surface area contributed by atoms with E-state index in [4.69, 9.17) is 9.47 Å². The quantitative estimate of drug-likeness (QED) is 0.782. The van der Waals surface area contributed by atoms with Crippen molar-refractivity contribution >= 4 is 17.8 Å². The van der Waals surface area contributed by atoms with Gasteiger partial charge in [-0.05, 0) is 37.5 Å². The molecule has 3 fully saturated rings. The minimum Gasteiger partial charge on any atom is -0.497 e. The molecule has 1 aromatic rings. The Balaban J connectivity index is 1.48. The lowest BCUT2D eigenvalue weighted by Gasteiger charge is -2.26. The summed E-state index contributed by atoms with van der Waals surface area (Å²) in [6, 6.07) is 6.40. The molecule has 4 amide bonds. The summed E-state index contributed by atoms with van der Waals surface area (Å²) in [5, 5.41) is 2.73. The summed E-state index contributed by atoms with van der Waals surface area (Å²) in [4.78, 5) is 41.1. The first kappa shape index (κ1) is 18.7. The van der Waals surface area contributed by atoms with Gasteiger partial charge >= 0.3 is 6.03 Å². The van der Waals surface area contributed by atoms with E-state index in [9.17, 15) is 14.4 Å². The second-order valence-corrected chi connectivity index (χ2v) is 8.04. The lowest BCUT2D eigenvalue weighted by molar-refractivity contribution is -0.139. The molecule has 1 saturated carbocycles. The molecular formula is C20H25N3O5. The van der Waals surface area contributed by atoms with Gasteiger partial charge in [-0.1, -0.05) is 12.1 Å². The van der Waals surface area contributed by atoms with Crippen molar-refractivity contribution in [2.45, 2.75) is 25.3 Å². The van der Waals surface area contributed by atoms with Crippen molar-refractivity contribution in [1.29, 1.82) is 0 Å². The first-order valence-electron chi connectivity index (χ1n) is 9.51. The van der Waals surface area contributed by atoms with Crippen LogP contribution in [0.4, 0.5) is 4.79 Å².